The number of piperazine rings is 1. The lowest BCUT2D eigenvalue weighted by molar-refractivity contribution is -0.151. The van der Waals surface area contributed by atoms with Gasteiger partial charge >= 0.3 is 0 Å². The SMILES string of the molecule is CCN1CCO[C@@H](C(=O)N2CCN(c3cccc(C)n3)C[C@@H]2C)C1. The zero-order valence-corrected chi connectivity index (χ0v) is 14.9. The van der Waals surface area contributed by atoms with E-state index in [9.17, 15) is 4.79 Å². The fourth-order valence-electron chi connectivity index (χ4n) is 3.52. The van der Waals surface area contributed by atoms with E-state index in [4.69, 9.17) is 4.74 Å². The molecule has 0 aliphatic carbocycles. The van der Waals surface area contributed by atoms with E-state index in [-0.39, 0.29) is 18.1 Å². The Labute approximate surface area is 144 Å². The highest BCUT2D eigenvalue weighted by Gasteiger charge is 2.34. The first kappa shape index (κ1) is 17.2. The summed E-state index contributed by atoms with van der Waals surface area (Å²) >= 11 is 0. The topological polar surface area (TPSA) is 48.9 Å². The maximum Gasteiger partial charge on any atom is 0.253 e. The van der Waals surface area contributed by atoms with Crippen molar-refractivity contribution >= 4 is 11.7 Å². The maximum atomic E-state index is 12.9. The molecule has 0 saturated carbocycles. The van der Waals surface area contributed by atoms with E-state index >= 15 is 0 Å². The van der Waals surface area contributed by atoms with Gasteiger partial charge in [0.1, 0.15) is 11.9 Å². The van der Waals surface area contributed by atoms with Crippen molar-refractivity contribution in [1.29, 1.82) is 0 Å². The molecule has 0 unspecified atom stereocenters. The van der Waals surface area contributed by atoms with Crippen LogP contribution in [0, 0.1) is 6.92 Å². The lowest BCUT2D eigenvalue weighted by Crippen LogP contribution is -2.59. The highest BCUT2D eigenvalue weighted by molar-refractivity contribution is 5.82. The van der Waals surface area contributed by atoms with Crippen LogP contribution < -0.4 is 4.90 Å². The summed E-state index contributed by atoms with van der Waals surface area (Å²) < 4.78 is 5.74. The van der Waals surface area contributed by atoms with Crippen LogP contribution in [-0.4, -0.2) is 78.7 Å². The number of carbonyl (C=O) groups is 1. The van der Waals surface area contributed by atoms with Crippen molar-refractivity contribution < 1.29 is 9.53 Å². The van der Waals surface area contributed by atoms with E-state index in [1.807, 2.05) is 30.0 Å². The van der Waals surface area contributed by atoms with E-state index in [2.05, 4.69) is 28.6 Å². The number of carbonyl (C=O) groups excluding carboxylic acids is 1. The molecule has 2 saturated heterocycles. The van der Waals surface area contributed by atoms with Gasteiger partial charge < -0.3 is 14.5 Å². The number of pyridine rings is 1. The molecule has 132 valence electrons. The van der Waals surface area contributed by atoms with E-state index in [1.54, 1.807) is 0 Å². The van der Waals surface area contributed by atoms with Gasteiger partial charge in [0.15, 0.2) is 0 Å². The van der Waals surface area contributed by atoms with Crippen molar-refractivity contribution in [2.45, 2.75) is 32.9 Å². The number of rotatable bonds is 3. The van der Waals surface area contributed by atoms with Crippen molar-refractivity contribution in [3.8, 4) is 0 Å². The van der Waals surface area contributed by atoms with Gasteiger partial charge in [0.05, 0.1) is 6.61 Å². The number of aromatic nitrogens is 1. The Morgan fingerprint density at radius 3 is 2.83 bits per heavy atom. The summed E-state index contributed by atoms with van der Waals surface area (Å²) in [5.41, 5.74) is 1.02. The average molecular weight is 332 g/mol. The third kappa shape index (κ3) is 3.70. The minimum absolute atomic E-state index is 0.137. The van der Waals surface area contributed by atoms with Gasteiger partial charge in [0, 0.05) is 44.5 Å². The number of nitrogens with zero attached hydrogens (tertiary/aromatic N) is 4. The van der Waals surface area contributed by atoms with Crippen LogP contribution in [-0.2, 0) is 9.53 Å². The number of anilines is 1. The molecule has 0 radical (unpaired) electrons. The van der Waals surface area contributed by atoms with Crippen LogP contribution in [0.25, 0.3) is 0 Å². The minimum Gasteiger partial charge on any atom is -0.366 e. The number of aryl methyl sites for hydroxylation is 1. The summed E-state index contributed by atoms with van der Waals surface area (Å²) in [7, 11) is 0. The maximum absolute atomic E-state index is 12.9. The Balaban J connectivity index is 1.62. The smallest absolute Gasteiger partial charge is 0.253 e. The molecular weight excluding hydrogens is 304 g/mol. The predicted octanol–water partition coefficient (Wildman–Crippen LogP) is 1.15. The van der Waals surface area contributed by atoms with E-state index in [1.165, 1.54) is 0 Å². The van der Waals surface area contributed by atoms with Gasteiger partial charge in [-0.3, -0.25) is 9.69 Å². The highest BCUT2D eigenvalue weighted by Crippen LogP contribution is 2.19. The quantitative estimate of drug-likeness (QED) is 0.831. The summed E-state index contributed by atoms with van der Waals surface area (Å²) in [5.74, 6) is 1.14. The van der Waals surface area contributed by atoms with E-state index in [0.29, 0.717) is 13.2 Å². The Hall–Kier alpha value is -1.66. The first-order valence-electron chi connectivity index (χ1n) is 8.91. The molecule has 1 aromatic heterocycles. The van der Waals surface area contributed by atoms with Gasteiger partial charge in [-0.2, -0.15) is 0 Å². The van der Waals surface area contributed by atoms with E-state index < -0.39 is 0 Å². The molecule has 6 heteroatoms. The number of amides is 1. The van der Waals surface area contributed by atoms with Crippen LogP contribution in [0.15, 0.2) is 18.2 Å². The summed E-state index contributed by atoms with van der Waals surface area (Å²) in [4.78, 5) is 24.0. The highest BCUT2D eigenvalue weighted by atomic mass is 16.5. The largest absolute Gasteiger partial charge is 0.366 e. The Kier molecular flexibility index (Phi) is 5.36. The van der Waals surface area contributed by atoms with Crippen LogP contribution in [0.2, 0.25) is 0 Å². The number of morpholine rings is 1. The zero-order valence-electron chi connectivity index (χ0n) is 14.9. The van der Waals surface area contributed by atoms with Crippen LogP contribution in [0.1, 0.15) is 19.5 Å². The molecule has 3 heterocycles. The predicted molar refractivity (Wildman–Crippen MR) is 94.2 cm³/mol. The van der Waals surface area contributed by atoms with Crippen LogP contribution >= 0.6 is 0 Å². The summed E-state index contributed by atoms with van der Waals surface area (Å²) in [6, 6.07) is 6.25. The van der Waals surface area contributed by atoms with Crippen molar-refractivity contribution in [3.63, 3.8) is 0 Å². The fourth-order valence-corrected chi connectivity index (χ4v) is 3.52. The number of hydrogen-bond donors (Lipinski definition) is 0. The molecule has 2 fully saturated rings. The second kappa shape index (κ2) is 7.49. The average Bonchev–Trinajstić information content (AvgIpc) is 2.61. The zero-order chi connectivity index (χ0) is 17.1. The van der Waals surface area contributed by atoms with Crippen molar-refractivity contribution in [2.24, 2.45) is 0 Å². The molecule has 0 spiro atoms. The second-order valence-corrected chi connectivity index (χ2v) is 6.72. The van der Waals surface area contributed by atoms with Gasteiger partial charge in [-0.15, -0.1) is 0 Å². The van der Waals surface area contributed by atoms with Gasteiger partial charge in [0.2, 0.25) is 0 Å². The van der Waals surface area contributed by atoms with Crippen molar-refractivity contribution in [2.75, 3.05) is 50.8 Å². The first-order chi connectivity index (χ1) is 11.6. The molecule has 0 aromatic carbocycles. The normalized spacial score (nSPS) is 25.8. The summed E-state index contributed by atoms with van der Waals surface area (Å²) in [6.07, 6.45) is -0.315. The Morgan fingerprint density at radius 1 is 1.29 bits per heavy atom. The van der Waals surface area contributed by atoms with Gasteiger partial charge in [-0.1, -0.05) is 13.0 Å². The molecule has 2 aliphatic rings. The minimum atomic E-state index is -0.315. The molecule has 0 N–H and O–H groups in total. The Morgan fingerprint density at radius 2 is 2.12 bits per heavy atom. The summed E-state index contributed by atoms with van der Waals surface area (Å²) in [6.45, 7) is 11.8. The summed E-state index contributed by atoms with van der Waals surface area (Å²) in [5, 5.41) is 0. The number of hydrogen-bond acceptors (Lipinski definition) is 5. The lowest BCUT2D eigenvalue weighted by atomic mass is 10.1. The van der Waals surface area contributed by atoms with E-state index in [0.717, 1.165) is 44.2 Å². The van der Waals surface area contributed by atoms with Crippen molar-refractivity contribution in [3.05, 3.63) is 23.9 Å². The van der Waals surface area contributed by atoms with Crippen LogP contribution in [0.3, 0.4) is 0 Å². The molecule has 24 heavy (non-hydrogen) atoms. The lowest BCUT2D eigenvalue weighted by Gasteiger charge is -2.43. The number of ether oxygens (including phenoxy) is 1. The van der Waals surface area contributed by atoms with Gasteiger partial charge in [-0.05, 0) is 32.5 Å². The molecule has 6 nitrogen and oxygen atoms in total. The van der Waals surface area contributed by atoms with Crippen molar-refractivity contribution in [1.82, 2.24) is 14.8 Å². The third-order valence-corrected chi connectivity index (χ3v) is 4.98. The molecule has 2 aliphatic heterocycles. The molecular formula is C18H28N4O2. The molecule has 1 aromatic rings. The second-order valence-electron chi connectivity index (χ2n) is 6.72. The fraction of sp³-hybridized carbons (Fsp3) is 0.667. The molecule has 0 bridgehead atoms. The van der Waals surface area contributed by atoms with Crippen LogP contribution in [0.5, 0.6) is 0 Å². The number of likely N-dealkylation sites (N-methyl/N-ethyl adjacent to an activating group) is 1. The van der Waals surface area contributed by atoms with Gasteiger partial charge in [-0.25, -0.2) is 4.98 Å². The third-order valence-electron chi connectivity index (χ3n) is 4.98. The first-order valence-corrected chi connectivity index (χ1v) is 8.91. The van der Waals surface area contributed by atoms with Crippen LogP contribution in [0.4, 0.5) is 5.82 Å². The Bertz CT molecular complexity index is 580. The molecule has 3 rings (SSSR count). The molecule has 1 amide bonds. The van der Waals surface area contributed by atoms with Gasteiger partial charge in [0.25, 0.3) is 5.91 Å². The molecule has 2 atom stereocenters. The standard InChI is InChI=1S/C18H28N4O2/c1-4-20-10-11-24-16(13-20)18(23)22-9-8-21(12-15(22)3)17-7-5-6-14(2)19-17/h5-7,15-16H,4,8-13H2,1-3H3/t15-,16+/m0/s1. The monoisotopic (exact) mass is 332 g/mol.